The van der Waals surface area contributed by atoms with Crippen LogP contribution in [-0.4, -0.2) is 17.4 Å². The minimum Gasteiger partial charge on any atom is -0.392 e. The normalized spacial score (nSPS) is 22.8. The Bertz CT molecular complexity index is 117. The lowest BCUT2D eigenvalue weighted by atomic mass is 10.2. The fourth-order valence-corrected chi connectivity index (χ4v) is 0.885. The first-order chi connectivity index (χ1) is 4.49. The zero-order valence-electron chi connectivity index (χ0n) is 5.36. The summed E-state index contributed by atoms with van der Waals surface area (Å²) in [7, 11) is 0. The number of hydrogen-bond donors (Lipinski definition) is 1. The Kier molecular flexibility index (Phi) is 1.90. The molecular weight excluding hydrogens is 145 g/mol. The fraction of sp³-hybridized carbons (Fsp3) is 1.00. The molecule has 0 radical (unpaired) electrons. The number of hydrogen-bond acceptors (Lipinski definition) is 1. The van der Waals surface area contributed by atoms with Gasteiger partial charge in [0.2, 0.25) is 0 Å². The molecule has 1 aliphatic carbocycles. The van der Waals surface area contributed by atoms with Crippen LogP contribution in [-0.2, 0) is 0 Å². The minimum absolute atomic E-state index is 0.0818. The number of rotatable bonds is 2. The van der Waals surface area contributed by atoms with Gasteiger partial charge in [0.05, 0.1) is 12.5 Å². The van der Waals surface area contributed by atoms with Crippen LogP contribution in [0.25, 0.3) is 0 Å². The molecule has 0 aliphatic heterocycles. The molecule has 1 fully saturated rings. The first kappa shape index (κ1) is 7.85. The van der Waals surface area contributed by atoms with Crippen LogP contribution >= 0.6 is 0 Å². The Morgan fingerprint density at radius 2 is 1.90 bits per heavy atom. The smallest absolute Gasteiger partial charge is 0.391 e. The topological polar surface area (TPSA) is 20.2 Å². The molecule has 0 bridgehead atoms. The maximum atomic E-state index is 11.5. The van der Waals surface area contributed by atoms with Gasteiger partial charge in [0.25, 0.3) is 0 Å². The molecule has 0 aromatic rings. The molecule has 0 spiro atoms. The van der Waals surface area contributed by atoms with E-state index in [1.165, 1.54) is 0 Å². The van der Waals surface area contributed by atoms with Crippen molar-refractivity contribution in [2.75, 3.05) is 0 Å². The highest BCUT2D eigenvalue weighted by Gasteiger charge is 2.38. The highest BCUT2D eigenvalue weighted by molar-refractivity contribution is 4.82. The second-order valence-electron chi connectivity index (χ2n) is 2.72. The summed E-state index contributed by atoms with van der Waals surface area (Å²) in [6, 6.07) is 0. The lowest BCUT2D eigenvalue weighted by Crippen LogP contribution is -2.20. The molecule has 1 saturated carbocycles. The van der Waals surface area contributed by atoms with Crippen molar-refractivity contribution in [1.82, 2.24) is 0 Å². The van der Waals surface area contributed by atoms with Crippen LogP contribution in [0.15, 0.2) is 0 Å². The van der Waals surface area contributed by atoms with E-state index in [4.69, 9.17) is 5.11 Å². The van der Waals surface area contributed by atoms with Crippen molar-refractivity contribution in [3.05, 3.63) is 0 Å². The van der Waals surface area contributed by atoms with Crippen LogP contribution in [0.4, 0.5) is 13.2 Å². The Hall–Kier alpha value is -0.250. The molecule has 1 unspecified atom stereocenters. The molecule has 1 N–H and O–H groups in total. The van der Waals surface area contributed by atoms with E-state index < -0.39 is 18.7 Å². The third-order valence-electron chi connectivity index (χ3n) is 1.61. The molecule has 1 aliphatic rings. The monoisotopic (exact) mass is 154 g/mol. The van der Waals surface area contributed by atoms with Gasteiger partial charge in [-0.2, -0.15) is 13.2 Å². The SMILES string of the molecule is OC(CC(F)(F)F)C1CC1. The summed E-state index contributed by atoms with van der Waals surface area (Å²) < 4.78 is 34.6. The molecule has 4 heteroatoms. The first-order valence-corrected chi connectivity index (χ1v) is 3.24. The highest BCUT2D eigenvalue weighted by atomic mass is 19.4. The van der Waals surface area contributed by atoms with E-state index in [0.29, 0.717) is 0 Å². The van der Waals surface area contributed by atoms with Crippen molar-refractivity contribution in [1.29, 1.82) is 0 Å². The lowest BCUT2D eigenvalue weighted by Gasteiger charge is -2.10. The number of aliphatic hydroxyl groups excluding tert-OH is 1. The van der Waals surface area contributed by atoms with E-state index >= 15 is 0 Å². The van der Waals surface area contributed by atoms with E-state index in [9.17, 15) is 13.2 Å². The van der Waals surface area contributed by atoms with Gasteiger partial charge >= 0.3 is 6.18 Å². The lowest BCUT2D eigenvalue weighted by molar-refractivity contribution is -0.155. The van der Waals surface area contributed by atoms with Crippen molar-refractivity contribution < 1.29 is 18.3 Å². The van der Waals surface area contributed by atoms with Crippen molar-refractivity contribution in [2.45, 2.75) is 31.5 Å². The van der Waals surface area contributed by atoms with Crippen molar-refractivity contribution in [3.63, 3.8) is 0 Å². The Balaban J connectivity index is 2.23. The second kappa shape index (κ2) is 2.42. The third-order valence-corrected chi connectivity index (χ3v) is 1.61. The van der Waals surface area contributed by atoms with Crippen LogP contribution < -0.4 is 0 Å². The molecule has 10 heavy (non-hydrogen) atoms. The third kappa shape index (κ3) is 2.56. The molecule has 0 aromatic carbocycles. The van der Waals surface area contributed by atoms with Gasteiger partial charge in [-0.05, 0) is 18.8 Å². The highest BCUT2D eigenvalue weighted by Crippen LogP contribution is 2.37. The molecule has 60 valence electrons. The molecule has 0 saturated heterocycles. The van der Waals surface area contributed by atoms with Gasteiger partial charge in [0.1, 0.15) is 0 Å². The van der Waals surface area contributed by atoms with Gasteiger partial charge in [-0.25, -0.2) is 0 Å². The van der Waals surface area contributed by atoms with E-state index in [0.717, 1.165) is 12.8 Å². The maximum absolute atomic E-state index is 11.5. The number of alkyl halides is 3. The van der Waals surface area contributed by atoms with Crippen molar-refractivity contribution >= 4 is 0 Å². The van der Waals surface area contributed by atoms with Crippen LogP contribution in [0.2, 0.25) is 0 Å². The zero-order valence-corrected chi connectivity index (χ0v) is 5.36. The van der Waals surface area contributed by atoms with Gasteiger partial charge in [-0.1, -0.05) is 0 Å². The fourth-order valence-electron chi connectivity index (χ4n) is 0.885. The molecular formula is C6H9F3O. The Labute approximate surface area is 56.8 Å². The van der Waals surface area contributed by atoms with Gasteiger partial charge in [-0.3, -0.25) is 0 Å². The first-order valence-electron chi connectivity index (χ1n) is 3.24. The quantitative estimate of drug-likeness (QED) is 0.641. The molecule has 1 atom stereocenters. The zero-order chi connectivity index (χ0) is 7.78. The summed E-state index contributed by atoms with van der Waals surface area (Å²) >= 11 is 0. The molecule has 1 nitrogen and oxygen atoms in total. The largest absolute Gasteiger partial charge is 0.392 e. The Morgan fingerprint density at radius 1 is 1.40 bits per heavy atom. The standard InChI is InChI=1S/C6H9F3O/c7-6(8,9)3-5(10)4-1-2-4/h4-5,10H,1-3H2. The number of halogens is 3. The van der Waals surface area contributed by atoms with Gasteiger partial charge in [-0.15, -0.1) is 0 Å². The maximum Gasteiger partial charge on any atom is 0.391 e. The molecule has 1 rings (SSSR count). The second-order valence-corrected chi connectivity index (χ2v) is 2.72. The number of aliphatic hydroxyl groups is 1. The van der Waals surface area contributed by atoms with Crippen LogP contribution in [0, 0.1) is 5.92 Å². The van der Waals surface area contributed by atoms with Gasteiger partial charge in [0.15, 0.2) is 0 Å². The van der Waals surface area contributed by atoms with Crippen LogP contribution in [0.1, 0.15) is 19.3 Å². The minimum atomic E-state index is -4.21. The van der Waals surface area contributed by atoms with Crippen LogP contribution in [0.3, 0.4) is 0 Å². The van der Waals surface area contributed by atoms with Crippen molar-refractivity contribution in [3.8, 4) is 0 Å². The van der Waals surface area contributed by atoms with E-state index in [1.807, 2.05) is 0 Å². The molecule has 0 heterocycles. The summed E-state index contributed by atoms with van der Waals surface area (Å²) in [5.74, 6) is -0.0818. The molecule has 0 amide bonds. The van der Waals surface area contributed by atoms with Crippen molar-refractivity contribution in [2.24, 2.45) is 5.92 Å². The predicted molar refractivity (Wildman–Crippen MR) is 29.4 cm³/mol. The van der Waals surface area contributed by atoms with Gasteiger partial charge in [0, 0.05) is 0 Å². The van der Waals surface area contributed by atoms with E-state index in [-0.39, 0.29) is 5.92 Å². The van der Waals surface area contributed by atoms with E-state index in [1.54, 1.807) is 0 Å². The van der Waals surface area contributed by atoms with Gasteiger partial charge < -0.3 is 5.11 Å². The summed E-state index contributed by atoms with van der Waals surface area (Å²) in [6.07, 6.45) is -4.91. The summed E-state index contributed by atoms with van der Waals surface area (Å²) in [6.45, 7) is 0. The predicted octanol–water partition coefficient (Wildman–Crippen LogP) is 1.71. The average Bonchev–Trinajstić information content (AvgIpc) is 2.35. The van der Waals surface area contributed by atoms with E-state index in [2.05, 4.69) is 0 Å². The van der Waals surface area contributed by atoms with Crippen LogP contribution in [0.5, 0.6) is 0 Å². The average molecular weight is 154 g/mol. The summed E-state index contributed by atoms with van der Waals surface area (Å²) in [4.78, 5) is 0. The summed E-state index contributed by atoms with van der Waals surface area (Å²) in [5.41, 5.74) is 0. The summed E-state index contributed by atoms with van der Waals surface area (Å²) in [5, 5.41) is 8.80. The Morgan fingerprint density at radius 3 is 2.20 bits per heavy atom. The molecule has 0 aromatic heterocycles.